The molecule has 0 fully saturated rings. The van der Waals surface area contributed by atoms with Gasteiger partial charge in [-0.1, -0.05) is 29.3 Å². The molecular weight excluding hydrogens is 461 g/mol. The van der Waals surface area contributed by atoms with Gasteiger partial charge in [-0.05, 0) is 55.9 Å². The molecule has 0 saturated heterocycles. The SMILES string of the molecule is CC(NC(=O)CSCc1nc2sc3c(c2c(=O)[nH]1)CCCC3)c1ccc(Cl)cc1Cl. The minimum Gasteiger partial charge on any atom is -0.349 e. The molecule has 2 aromatic heterocycles. The van der Waals surface area contributed by atoms with Crippen molar-refractivity contribution in [2.24, 2.45) is 0 Å². The van der Waals surface area contributed by atoms with E-state index in [9.17, 15) is 9.59 Å². The average Bonchev–Trinajstić information content (AvgIpc) is 3.06. The summed E-state index contributed by atoms with van der Waals surface area (Å²) in [5, 5.41) is 4.78. The van der Waals surface area contributed by atoms with Gasteiger partial charge in [0, 0.05) is 14.9 Å². The molecule has 158 valence electrons. The van der Waals surface area contributed by atoms with Crippen molar-refractivity contribution in [3.8, 4) is 0 Å². The summed E-state index contributed by atoms with van der Waals surface area (Å²) in [5.74, 6) is 1.24. The Labute approximate surface area is 192 Å². The maximum absolute atomic E-state index is 12.6. The topological polar surface area (TPSA) is 74.8 Å². The van der Waals surface area contributed by atoms with Crippen molar-refractivity contribution in [3.63, 3.8) is 0 Å². The van der Waals surface area contributed by atoms with Crippen molar-refractivity contribution in [1.82, 2.24) is 15.3 Å². The molecule has 30 heavy (non-hydrogen) atoms. The fourth-order valence-electron chi connectivity index (χ4n) is 3.73. The molecule has 1 aromatic carbocycles. The number of thioether (sulfide) groups is 1. The summed E-state index contributed by atoms with van der Waals surface area (Å²) in [7, 11) is 0. The number of fused-ring (bicyclic) bond motifs is 3. The summed E-state index contributed by atoms with van der Waals surface area (Å²) in [5.41, 5.74) is 1.94. The summed E-state index contributed by atoms with van der Waals surface area (Å²) < 4.78 is 0. The number of thiophene rings is 1. The number of rotatable bonds is 6. The molecule has 4 rings (SSSR count). The number of nitrogens with one attached hydrogen (secondary N) is 2. The molecule has 2 heterocycles. The highest BCUT2D eigenvalue weighted by Crippen LogP contribution is 2.33. The summed E-state index contributed by atoms with van der Waals surface area (Å²) in [6.07, 6.45) is 4.31. The molecule has 2 N–H and O–H groups in total. The minimum absolute atomic E-state index is 0.0644. The monoisotopic (exact) mass is 481 g/mol. The quantitative estimate of drug-likeness (QED) is 0.501. The van der Waals surface area contributed by atoms with Crippen LogP contribution in [0.15, 0.2) is 23.0 Å². The van der Waals surface area contributed by atoms with E-state index in [0.29, 0.717) is 21.6 Å². The van der Waals surface area contributed by atoms with E-state index in [1.165, 1.54) is 28.6 Å². The predicted molar refractivity (Wildman–Crippen MR) is 126 cm³/mol. The smallest absolute Gasteiger partial charge is 0.259 e. The number of amides is 1. The molecule has 0 saturated carbocycles. The van der Waals surface area contributed by atoms with Crippen LogP contribution >= 0.6 is 46.3 Å². The van der Waals surface area contributed by atoms with Gasteiger partial charge in [0.25, 0.3) is 5.56 Å². The van der Waals surface area contributed by atoms with E-state index in [0.717, 1.165) is 35.0 Å². The number of carbonyl (C=O) groups excluding carboxylic acids is 1. The molecule has 9 heteroatoms. The number of H-pyrrole nitrogens is 1. The van der Waals surface area contributed by atoms with Crippen LogP contribution in [-0.2, 0) is 23.4 Å². The number of hydrogen-bond acceptors (Lipinski definition) is 5. The molecule has 1 unspecified atom stereocenters. The zero-order valence-corrected chi connectivity index (χ0v) is 19.5. The summed E-state index contributed by atoms with van der Waals surface area (Å²) in [4.78, 5) is 34.6. The van der Waals surface area contributed by atoms with Gasteiger partial charge in [0.15, 0.2) is 0 Å². The van der Waals surface area contributed by atoms with Crippen molar-refractivity contribution in [1.29, 1.82) is 0 Å². The summed E-state index contributed by atoms with van der Waals surface area (Å²) in [6, 6.07) is 5.00. The Morgan fingerprint density at radius 1 is 1.33 bits per heavy atom. The first-order valence-corrected chi connectivity index (χ1v) is 12.5. The molecule has 1 aliphatic rings. The van der Waals surface area contributed by atoms with Crippen molar-refractivity contribution in [3.05, 3.63) is 60.4 Å². The zero-order valence-electron chi connectivity index (χ0n) is 16.4. The second kappa shape index (κ2) is 9.30. The molecule has 0 spiro atoms. The second-order valence-corrected chi connectivity index (χ2v) is 10.3. The van der Waals surface area contributed by atoms with Crippen LogP contribution in [0.1, 0.15) is 47.6 Å². The lowest BCUT2D eigenvalue weighted by atomic mass is 9.97. The van der Waals surface area contributed by atoms with Crippen LogP contribution in [0.3, 0.4) is 0 Å². The molecule has 1 amide bonds. The Balaban J connectivity index is 1.36. The standard InChI is InChI=1S/C21H21Cl2N3O2S2/c1-11(13-7-6-12(22)8-15(13)23)24-18(27)10-29-9-17-25-20(28)19-14-4-2-3-5-16(14)30-21(19)26-17/h6-8,11H,2-5,9-10H2,1H3,(H,24,27)(H,25,26,28). The van der Waals surface area contributed by atoms with Crippen molar-refractivity contribution in [2.45, 2.75) is 44.4 Å². The number of benzene rings is 1. The molecule has 0 aliphatic heterocycles. The third-order valence-electron chi connectivity index (χ3n) is 5.15. The van der Waals surface area contributed by atoms with Crippen LogP contribution in [0.25, 0.3) is 10.2 Å². The van der Waals surface area contributed by atoms with E-state index in [2.05, 4.69) is 15.3 Å². The number of carbonyl (C=O) groups is 1. The normalized spacial score (nSPS) is 14.5. The number of aryl methyl sites for hydroxylation is 2. The van der Waals surface area contributed by atoms with Crippen molar-refractivity contribution < 1.29 is 4.79 Å². The van der Waals surface area contributed by atoms with Crippen LogP contribution in [0.4, 0.5) is 0 Å². The molecular formula is C21H21Cl2N3O2S2. The third kappa shape index (κ3) is 4.69. The zero-order chi connectivity index (χ0) is 21.3. The first-order chi connectivity index (χ1) is 14.4. The fraction of sp³-hybridized carbons (Fsp3) is 0.381. The molecule has 3 aromatic rings. The van der Waals surface area contributed by atoms with Gasteiger partial charge in [0.05, 0.1) is 22.9 Å². The van der Waals surface area contributed by atoms with Crippen molar-refractivity contribution in [2.75, 3.05) is 5.75 Å². The van der Waals surface area contributed by atoms with Gasteiger partial charge in [0.2, 0.25) is 5.91 Å². The van der Waals surface area contributed by atoms with Gasteiger partial charge >= 0.3 is 0 Å². The van der Waals surface area contributed by atoms with Gasteiger partial charge < -0.3 is 10.3 Å². The van der Waals surface area contributed by atoms with E-state index >= 15 is 0 Å². The minimum atomic E-state index is -0.227. The highest BCUT2D eigenvalue weighted by atomic mass is 35.5. The van der Waals surface area contributed by atoms with Gasteiger partial charge in [-0.25, -0.2) is 4.98 Å². The van der Waals surface area contributed by atoms with Crippen LogP contribution in [0.2, 0.25) is 10.0 Å². The van der Waals surface area contributed by atoms with E-state index in [1.54, 1.807) is 23.5 Å². The first-order valence-electron chi connectivity index (χ1n) is 9.78. The highest BCUT2D eigenvalue weighted by molar-refractivity contribution is 7.99. The van der Waals surface area contributed by atoms with E-state index < -0.39 is 0 Å². The average molecular weight is 482 g/mol. The van der Waals surface area contributed by atoms with Crippen LogP contribution in [0, 0.1) is 0 Å². The van der Waals surface area contributed by atoms with E-state index in [4.69, 9.17) is 23.2 Å². The number of aromatic nitrogens is 2. The Kier molecular flexibility index (Phi) is 6.72. The molecule has 0 bridgehead atoms. The number of hydrogen-bond donors (Lipinski definition) is 2. The Morgan fingerprint density at radius 3 is 2.93 bits per heavy atom. The third-order valence-corrected chi connectivity index (χ3v) is 7.84. The molecule has 1 aliphatic carbocycles. The highest BCUT2D eigenvalue weighted by Gasteiger charge is 2.20. The van der Waals surface area contributed by atoms with Crippen LogP contribution in [-0.4, -0.2) is 21.6 Å². The van der Waals surface area contributed by atoms with Gasteiger partial charge in [-0.2, -0.15) is 0 Å². The van der Waals surface area contributed by atoms with Gasteiger partial charge in [0.1, 0.15) is 10.7 Å². The number of nitrogens with zero attached hydrogens (tertiary/aromatic N) is 1. The summed E-state index contributed by atoms with van der Waals surface area (Å²) >= 11 is 15.2. The van der Waals surface area contributed by atoms with Crippen molar-refractivity contribution >= 4 is 62.4 Å². The lowest BCUT2D eigenvalue weighted by molar-refractivity contribution is -0.119. The Bertz CT molecular complexity index is 1160. The number of halogens is 2. The van der Waals surface area contributed by atoms with E-state index in [1.807, 2.05) is 13.0 Å². The molecule has 5 nitrogen and oxygen atoms in total. The summed E-state index contributed by atoms with van der Waals surface area (Å²) in [6.45, 7) is 1.88. The van der Waals surface area contributed by atoms with Gasteiger partial charge in [-0.15, -0.1) is 23.1 Å². The second-order valence-electron chi connectivity index (χ2n) is 7.35. The Hall–Kier alpha value is -1.54. The predicted octanol–water partition coefficient (Wildman–Crippen LogP) is 5.28. The van der Waals surface area contributed by atoms with Gasteiger partial charge in [-0.3, -0.25) is 9.59 Å². The van der Waals surface area contributed by atoms with E-state index in [-0.39, 0.29) is 23.3 Å². The van der Waals surface area contributed by atoms with Crippen LogP contribution in [0.5, 0.6) is 0 Å². The van der Waals surface area contributed by atoms with Crippen LogP contribution < -0.4 is 10.9 Å². The Morgan fingerprint density at radius 2 is 2.13 bits per heavy atom. The molecule has 0 radical (unpaired) electrons. The lowest BCUT2D eigenvalue weighted by Crippen LogP contribution is -2.28. The number of aromatic amines is 1. The maximum Gasteiger partial charge on any atom is 0.259 e. The molecule has 1 atom stereocenters. The fourth-order valence-corrected chi connectivity index (χ4v) is 6.28. The largest absolute Gasteiger partial charge is 0.349 e. The lowest BCUT2D eigenvalue weighted by Gasteiger charge is -2.15. The maximum atomic E-state index is 12.6. The first kappa shape index (κ1) is 21.7.